The summed E-state index contributed by atoms with van der Waals surface area (Å²) in [5.41, 5.74) is 6.21. The highest BCUT2D eigenvalue weighted by Crippen LogP contribution is 2.45. The molecule has 0 saturated carbocycles. The van der Waals surface area contributed by atoms with Crippen molar-refractivity contribution >= 4 is 27.5 Å². The van der Waals surface area contributed by atoms with E-state index in [1.54, 1.807) is 5.56 Å². The number of aromatic nitrogens is 1. The summed E-state index contributed by atoms with van der Waals surface area (Å²) in [5, 5.41) is 1.49. The number of hydrogen-bond acceptors (Lipinski definition) is 1. The molecule has 3 heterocycles. The standard InChI is InChI=1S/C23H24NS/c1-3-23(4-2)15-16-12-13-18-17-9-5-6-11-20(17)25-22(18)21(16)19-10-7-8-14-24(19)23/h6-8,10-14H,3-5,9,15H2,1-2H3/q+1. The molecule has 0 radical (unpaired) electrons. The monoisotopic (exact) mass is 346 g/mol. The third-order valence-electron chi connectivity index (χ3n) is 6.37. The zero-order chi connectivity index (χ0) is 17.0. The first kappa shape index (κ1) is 15.3. The van der Waals surface area contributed by atoms with Crippen LogP contribution in [0.25, 0.3) is 27.4 Å². The van der Waals surface area contributed by atoms with Gasteiger partial charge in [-0.3, -0.25) is 0 Å². The Kier molecular flexibility index (Phi) is 3.40. The summed E-state index contributed by atoms with van der Waals surface area (Å²) in [6, 6.07) is 11.5. The molecule has 25 heavy (non-hydrogen) atoms. The predicted octanol–water partition coefficient (Wildman–Crippen LogP) is 5.89. The molecule has 5 rings (SSSR count). The van der Waals surface area contributed by atoms with Crippen LogP contribution in [0.15, 0.2) is 42.6 Å². The van der Waals surface area contributed by atoms with Gasteiger partial charge in [0.2, 0.25) is 5.69 Å². The van der Waals surface area contributed by atoms with Crippen molar-refractivity contribution in [3.8, 4) is 11.3 Å². The molecule has 1 aliphatic carbocycles. The first-order chi connectivity index (χ1) is 12.3. The van der Waals surface area contributed by atoms with Gasteiger partial charge in [0.1, 0.15) is 0 Å². The Labute approximate surface area is 153 Å². The molecule has 0 spiro atoms. The van der Waals surface area contributed by atoms with E-state index in [0.717, 1.165) is 6.42 Å². The Balaban J connectivity index is 1.85. The maximum Gasteiger partial charge on any atom is 0.214 e. The lowest BCUT2D eigenvalue weighted by Gasteiger charge is -2.33. The van der Waals surface area contributed by atoms with E-state index in [-0.39, 0.29) is 5.54 Å². The van der Waals surface area contributed by atoms with Crippen LogP contribution in [0.4, 0.5) is 0 Å². The quantitative estimate of drug-likeness (QED) is 0.510. The van der Waals surface area contributed by atoms with Crippen LogP contribution < -0.4 is 4.57 Å². The Hall–Kier alpha value is -1.93. The van der Waals surface area contributed by atoms with Crippen LogP contribution in [0.5, 0.6) is 0 Å². The van der Waals surface area contributed by atoms with Gasteiger partial charge < -0.3 is 0 Å². The normalized spacial score (nSPS) is 17.2. The van der Waals surface area contributed by atoms with E-state index in [2.05, 4.69) is 67.1 Å². The number of benzene rings is 1. The summed E-state index contributed by atoms with van der Waals surface area (Å²) in [5.74, 6) is 0. The van der Waals surface area contributed by atoms with Crippen LogP contribution in [-0.2, 0) is 18.4 Å². The van der Waals surface area contributed by atoms with E-state index in [0.29, 0.717) is 0 Å². The molecule has 0 N–H and O–H groups in total. The summed E-state index contributed by atoms with van der Waals surface area (Å²) in [7, 11) is 0. The number of rotatable bonds is 2. The fourth-order valence-corrected chi connectivity index (χ4v) is 6.21. The van der Waals surface area contributed by atoms with Crippen LogP contribution in [0.1, 0.15) is 49.1 Å². The molecule has 0 fully saturated rings. The minimum Gasteiger partial charge on any atom is -0.193 e. The number of fused-ring (bicyclic) bond motifs is 7. The van der Waals surface area contributed by atoms with Gasteiger partial charge >= 0.3 is 0 Å². The predicted molar refractivity (Wildman–Crippen MR) is 107 cm³/mol. The molecule has 1 aromatic carbocycles. The van der Waals surface area contributed by atoms with E-state index in [9.17, 15) is 0 Å². The van der Waals surface area contributed by atoms with E-state index in [1.165, 1.54) is 57.5 Å². The Morgan fingerprint density at radius 3 is 2.84 bits per heavy atom. The van der Waals surface area contributed by atoms with Gasteiger partial charge in [-0.1, -0.05) is 32.1 Å². The van der Waals surface area contributed by atoms with Crippen LogP contribution in [0.2, 0.25) is 0 Å². The maximum absolute atomic E-state index is 2.57. The second kappa shape index (κ2) is 5.54. The SMILES string of the molecule is CCC1(CC)Cc2ccc3c4c(sc3c2-c2cccc[n+]21)C=CCC4. The third-order valence-corrected chi connectivity index (χ3v) is 7.60. The molecule has 2 heteroatoms. The van der Waals surface area contributed by atoms with Crippen LogP contribution >= 0.6 is 11.3 Å². The fraction of sp³-hybridized carbons (Fsp3) is 0.348. The molecule has 0 saturated heterocycles. The second-order valence-electron chi connectivity index (χ2n) is 7.43. The number of allylic oxidation sites excluding steroid dienone is 1. The molecule has 0 bridgehead atoms. The van der Waals surface area contributed by atoms with Gasteiger partial charge in [0.25, 0.3) is 0 Å². The average molecular weight is 347 g/mol. The first-order valence-corrected chi connectivity index (χ1v) is 10.3. The summed E-state index contributed by atoms with van der Waals surface area (Å²) in [6.45, 7) is 4.68. The van der Waals surface area contributed by atoms with E-state index in [4.69, 9.17) is 0 Å². The summed E-state index contributed by atoms with van der Waals surface area (Å²) >= 11 is 1.99. The Morgan fingerprint density at radius 1 is 1.12 bits per heavy atom. The molecule has 0 atom stereocenters. The number of nitrogens with zero attached hydrogens (tertiary/aromatic N) is 1. The Morgan fingerprint density at radius 2 is 2.00 bits per heavy atom. The molecule has 3 aromatic rings. The molecular formula is C23H24NS+. The summed E-state index contributed by atoms with van der Waals surface area (Å²) in [4.78, 5) is 1.47. The smallest absolute Gasteiger partial charge is 0.193 e. The van der Waals surface area contributed by atoms with Gasteiger partial charge in [-0.15, -0.1) is 11.3 Å². The van der Waals surface area contributed by atoms with Crippen molar-refractivity contribution in [1.29, 1.82) is 0 Å². The fourth-order valence-electron chi connectivity index (χ4n) is 4.85. The maximum atomic E-state index is 2.57. The van der Waals surface area contributed by atoms with Crippen LogP contribution in [0, 0.1) is 0 Å². The number of aryl methyl sites for hydroxylation is 1. The lowest BCUT2D eigenvalue weighted by atomic mass is 9.79. The van der Waals surface area contributed by atoms with Crippen molar-refractivity contribution in [2.75, 3.05) is 0 Å². The topological polar surface area (TPSA) is 3.88 Å². The van der Waals surface area contributed by atoms with Gasteiger partial charge in [-0.2, -0.15) is 4.57 Å². The largest absolute Gasteiger partial charge is 0.214 e. The molecule has 0 unspecified atom stereocenters. The molecule has 0 amide bonds. The van der Waals surface area contributed by atoms with Crippen LogP contribution in [-0.4, -0.2) is 0 Å². The first-order valence-electron chi connectivity index (χ1n) is 9.53. The zero-order valence-corrected chi connectivity index (χ0v) is 15.8. The number of hydrogen-bond donors (Lipinski definition) is 0. The minimum absolute atomic E-state index is 0.216. The number of pyridine rings is 1. The van der Waals surface area contributed by atoms with Crippen molar-refractivity contribution in [2.24, 2.45) is 0 Å². The van der Waals surface area contributed by atoms with Crippen molar-refractivity contribution < 1.29 is 4.57 Å². The number of thiophene rings is 1. The highest BCUT2D eigenvalue weighted by molar-refractivity contribution is 7.20. The Bertz CT molecular complexity index is 1000. The highest BCUT2D eigenvalue weighted by Gasteiger charge is 2.44. The van der Waals surface area contributed by atoms with Crippen LogP contribution in [0.3, 0.4) is 0 Å². The molecule has 2 aromatic heterocycles. The average Bonchev–Trinajstić information content (AvgIpc) is 3.05. The van der Waals surface area contributed by atoms with Crippen molar-refractivity contribution in [2.45, 2.75) is 51.5 Å². The second-order valence-corrected chi connectivity index (χ2v) is 8.48. The molecule has 1 nitrogen and oxygen atoms in total. The highest BCUT2D eigenvalue weighted by atomic mass is 32.1. The van der Waals surface area contributed by atoms with E-state index in [1.807, 2.05) is 11.3 Å². The van der Waals surface area contributed by atoms with Gasteiger partial charge in [-0.05, 0) is 41.5 Å². The molecule has 1 aliphatic heterocycles. The lowest BCUT2D eigenvalue weighted by Crippen LogP contribution is -2.60. The summed E-state index contributed by atoms with van der Waals surface area (Å²) < 4.78 is 4.07. The van der Waals surface area contributed by atoms with Crippen molar-refractivity contribution in [3.05, 3.63) is 58.6 Å². The van der Waals surface area contributed by atoms with Gasteiger partial charge in [-0.25, -0.2) is 0 Å². The van der Waals surface area contributed by atoms with Crippen molar-refractivity contribution in [1.82, 2.24) is 0 Å². The van der Waals surface area contributed by atoms with E-state index >= 15 is 0 Å². The van der Waals surface area contributed by atoms with Gasteiger partial charge in [0.05, 0.1) is 5.56 Å². The van der Waals surface area contributed by atoms with Gasteiger partial charge in [0, 0.05) is 41.0 Å². The summed E-state index contributed by atoms with van der Waals surface area (Å²) in [6.07, 6.45) is 12.8. The molecular weight excluding hydrogens is 322 g/mol. The minimum atomic E-state index is 0.216. The lowest BCUT2D eigenvalue weighted by molar-refractivity contribution is -0.758. The van der Waals surface area contributed by atoms with E-state index < -0.39 is 0 Å². The third kappa shape index (κ3) is 2.04. The zero-order valence-electron chi connectivity index (χ0n) is 15.0. The van der Waals surface area contributed by atoms with Crippen molar-refractivity contribution in [3.63, 3.8) is 0 Å². The molecule has 2 aliphatic rings. The molecule has 126 valence electrons. The van der Waals surface area contributed by atoms with Gasteiger partial charge in [0.15, 0.2) is 11.7 Å².